The Balaban J connectivity index is 1.91. The van der Waals surface area contributed by atoms with Crippen molar-refractivity contribution >= 4 is 34.9 Å². The van der Waals surface area contributed by atoms with Gasteiger partial charge in [0.15, 0.2) is 0 Å². The first kappa shape index (κ1) is 18.3. The van der Waals surface area contributed by atoms with E-state index in [0.29, 0.717) is 17.9 Å². The number of carbonyl (C=O) groups is 2. The maximum Gasteiger partial charge on any atom is 0.252 e. The fourth-order valence-electron chi connectivity index (χ4n) is 2.30. The third kappa shape index (κ3) is 5.49. The van der Waals surface area contributed by atoms with Gasteiger partial charge in [0.1, 0.15) is 6.17 Å². The lowest BCUT2D eigenvalue weighted by atomic mass is 10.0. The van der Waals surface area contributed by atoms with E-state index in [-0.39, 0.29) is 29.5 Å². The molecule has 7 heteroatoms. The number of thioether (sulfide) groups is 1. The molecule has 1 aliphatic heterocycles. The van der Waals surface area contributed by atoms with Crippen molar-refractivity contribution in [3.8, 4) is 0 Å². The van der Waals surface area contributed by atoms with Crippen LogP contribution >= 0.6 is 23.1 Å². The Morgan fingerprint density at radius 3 is 2.83 bits per heavy atom. The summed E-state index contributed by atoms with van der Waals surface area (Å²) in [4.78, 5) is 26.0. The molecule has 1 aliphatic rings. The molecule has 1 N–H and O–H groups in total. The van der Waals surface area contributed by atoms with Crippen LogP contribution in [0.25, 0.3) is 0 Å². The number of carbonyl (C=O) groups excluding carboxylic acids is 2. The van der Waals surface area contributed by atoms with Crippen molar-refractivity contribution in [1.29, 1.82) is 0 Å². The summed E-state index contributed by atoms with van der Waals surface area (Å²) in [7, 11) is 0. The monoisotopic (exact) mass is 358 g/mol. The molecule has 0 spiro atoms. The van der Waals surface area contributed by atoms with Crippen LogP contribution in [0.1, 0.15) is 37.6 Å². The first-order valence-electron chi connectivity index (χ1n) is 7.65. The van der Waals surface area contributed by atoms with Crippen LogP contribution in [0.15, 0.2) is 16.8 Å². The molecular formula is C16H23FN2O2S2. The van der Waals surface area contributed by atoms with E-state index in [1.54, 1.807) is 28.1 Å². The fourth-order valence-corrected chi connectivity index (χ4v) is 3.68. The van der Waals surface area contributed by atoms with Crippen LogP contribution in [-0.2, 0) is 4.79 Å². The van der Waals surface area contributed by atoms with E-state index in [1.807, 2.05) is 5.38 Å². The number of rotatable bonds is 4. The molecule has 2 heterocycles. The van der Waals surface area contributed by atoms with E-state index >= 15 is 0 Å². The number of halogens is 1. The summed E-state index contributed by atoms with van der Waals surface area (Å²) >= 11 is 3.00. The lowest BCUT2D eigenvalue weighted by Crippen LogP contribution is -2.55. The summed E-state index contributed by atoms with van der Waals surface area (Å²) in [5.41, 5.74) is 0.536. The largest absolute Gasteiger partial charge is 0.345 e. The number of likely N-dealkylation sites (tertiary alicyclic amines) is 1. The zero-order valence-electron chi connectivity index (χ0n) is 13.7. The van der Waals surface area contributed by atoms with Crippen LogP contribution in [0.5, 0.6) is 0 Å². The zero-order chi connectivity index (χ0) is 17.0. The molecule has 0 radical (unpaired) electrons. The van der Waals surface area contributed by atoms with Crippen LogP contribution in [0.3, 0.4) is 0 Å². The van der Waals surface area contributed by atoms with E-state index in [9.17, 15) is 14.0 Å². The Labute approximate surface area is 144 Å². The normalized spacial score (nSPS) is 22.0. The summed E-state index contributed by atoms with van der Waals surface area (Å²) < 4.78 is 14.1. The van der Waals surface area contributed by atoms with Crippen molar-refractivity contribution < 1.29 is 14.0 Å². The van der Waals surface area contributed by atoms with Gasteiger partial charge in [0, 0.05) is 28.8 Å². The average Bonchev–Trinajstić information content (AvgIpc) is 3.00. The van der Waals surface area contributed by atoms with Crippen LogP contribution in [-0.4, -0.2) is 52.5 Å². The SMILES string of the molecule is CC(C)(C)SCC(=O)N1CC[C@@H](F)[C@H](NC(=O)c2ccsc2)C1. The lowest BCUT2D eigenvalue weighted by molar-refractivity contribution is -0.130. The maximum absolute atomic E-state index is 14.1. The van der Waals surface area contributed by atoms with Gasteiger partial charge < -0.3 is 10.2 Å². The van der Waals surface area contributed by atoms with Gasteiger partial charge >= 0.3 is 0 Å². The smallest absolute Gasteiger partial charge is 0.252 e. The molecule has 0 saturated carbocycles. The fraction of sp³-hybridized carbons (Fsp3) is 0.625. The molecule has 0 unspecified atom stereocenters. The zero-order valence-corrected chi connectivity index (χ0v) is 15.3. The summed E-state index contributed by atoms with van der Waals surface area (Å²) in [6.45, 7) is 6.82. The van der Waals surface area contributed by atoms with Crippen molar-refractivity contribution in [3.63, 3.8) is 0 Å². The predicted molar refractivity (Wildman–Crippen MR) is 93.9 cm³/mol. The van der Waals surface area contributed by atoms with Crippen molar-refractivity contribution in [1.82, 2.24) is 10.2 Å². The minimum atomic E-state index is -1.11. The molecule has 1 aromatic rings. The first-order chi connectivity index (χ1) is 10.8. The van der Waals surface area contributed by atoms with Gasteiger partial charge in [-0.15, -0.1) is 11.8 Å². The summed E-state index contributed by atoms with van der Waals surface area (Å²) in [5.74, 6) is 0.106. The standard InChI is InChI=1S/C16H23FN2O2S2/c1-16(2,3)23-10-14(20)19-6-4-12(17)13(8-19)18-15(21)11-5-7-22-9-11/h5,7,9,12-13H,4,6,8,10H2,1-3H3,(H,18,21)/t12-,13-/m1/s1. The van der Waals surface area contributed by atoms with Gasteiger partial charge in [-0.05, 0) is 17.9 Å². The number of hydrogen-bond acceptors (Lipinski definition) is 4. The van der Waals surface area contributed by atoms with E-state index in [2.05, 4.69) is 26.1 Å². The van der Waals surface area contributed by atoms with Crippen molar-refractivity contribution in [3.05, 3.63) is 22.4 Å². The molecule has 128 valence electrons. The first-order valence-corrected chi connectivity index (χ1v) is 9.58. The maximum atomic E-state index is 14.1. The topological polar surface area (TPSA) is 49.4 Å². The van der Waals surface area contributed by atoms with Gasteiger partial charge in [0.05, 0.1) is 11.8 Å². The summed E-state index contributed by atoms with van der Waals surface area (Å²) in [6.07, 6.45) is -0.850. The number of hydrogen-bond donors (Lipinski definition) is 1. The number of thiophene rings is 1. The predicted octanol–water partition coefficient (Wildman–Crippen LogP) is 2.95. The molecule has 0 bridgehead atoms. The number of piperidine rings is 1. The van der Waals surface area contributed by atoms with Crippen LogP contribution in [0, 0.1) is 0 Å². The molecule has 1 fully saturated rings. The van der Waals surface area contributed by atoms with Crippen LogP contribution < -0.4 is 5.32 Å². The Hall–Kier alpha value is -1.08. The highest BCUT2D eigenvalue weighted by atomic mass is 32.2. The highest BCUT2D eigenvalue weighted by Crippen LogP contribution is 2.24. The van der Waals surface area contributed by atoms with Crippen molar-refractivity contribution in [2.75, 3.05) is 18.8 Å². The van der Waals surface area contributed by atoms with Crippen molar-refractivity contribution in [2.24, 2.45) is 0 Å². The summed E-state index contributed by atoms with van der Waals surface area (Å²) in [5, 5.41) is 6.26. The highest BCUT2D eigenvalue weighted by Gasteiger charge is 2.33. The minimum Gasteiger partial charge on any atom is -0.345 e. The van der Waals surface area contributed by atoms with E-state index in [1.165, 1.54) is 11.3 Å². The molecule has 1 aromatic heterocycles. The quantitative estimate of drug-likeness (QED) is 0.900. The molecule has 2 amide bonds. The van der Waals surface area contributed by atoms with Gasteiger partial charge in [-0.25, -0.2) is 4.39 Å². The second-order valence-corrected chi connectivity index (χ2v) is 9.22. The van der Waals surface area contributed by atoms with Gasteiger partial charge in [0.2, 0.25) is 5.91 Å². The molecule has 23 heavy (non-hydrogen) atoms. The minimum absolute atomic E-state index is 0.00612. The third-order valence-corrected chi connectivity index (χ3v) is 5.55. The van der Waals surface area contributed by atoms with Gasteiger partial charge in [-0.1, -0.05) is 20.8 Å². The average molecular weight is 359 g/mol. The van der Waals surface area contributed by atoms with E-state index < -0.39 is 12.2 Å². The Kier molecular flexibility index (Phi) is 6.08. The Bertz CT molecular complexity index is 543. The number of alkyl halides is 1. The van der Waals surface area contributed by atoms with Crippen LogP contribution in [0.2, 0.25) is 0 Å². The Morgan fingerprint density at radius 1 is 1.48 bits per heavy atom. The molecule has 1 saturated heterocycles. The molecule has 2 atom stereocenters. The third-order valence-electron chi connectivity index (χ3n) is 3.61. The lowest BCUT2D eigenvalue weighted by Gasteiger charge is -2.35. The molecular weight excluding hydrogens is 335 g/mol. The van der Waals surface area contributed by atoms with Gasteiger partial charge in [-0.2, -0.15) is 11.3 Å². The second-order valence-electron chi connectivity index (χ2n) is 6.64. The molecule has 4 nitrogen and oxygen atoms in total. The van der Waals surface area contributed by atoms with Gasteiger partial charge in [0.25, 0.3) is 5.91 Å². The second kappa shape index (κ2) is 7.66. The number of nitrogens with one attached hydrogen (secondary N) is 1. The van der Waals surface area contributed by atoms with Crippen molar-refractivity contribution in [2.45, 2.75) is 44.2 Å². The summed E-state index contributed by atoms with van der Waals surface area (Å²) in [6, 6.07) is 1.07. The Morgan fingerprint density at radius 2 is 2.22 bits per heavy atom. The molecule has 0 aliphatic carbocycles. The van der Waals surface area contributed by atoms with Crippen LogP contribution in [0.4, 0.5) is 4.39 Å². The highest BCUT2D eigenvalue weighted by molar-refractivity contribution is 8.01. The van der Waals surface area contributed by atoms with E-state index in [4.69, 9.17) is 0 Å². The number of amides is 2. The van der Waals surface area contributed by atoms with Gasteiger partial charge in [-0.3, -0.25) is 9.59 Å². The van der Waals surface area contributed by atoms with E-state index in [0.717, 1.165) is 0 Å². The number of nitrogens with zero attached hydrogens (tertiary/aromatic N) is 1. The molecule has 2 rings (SSSR count). The molecule has 0 aromatic carbocycles.